The van der Waals surface area contributed by atoms with E-state index in [1.54, 1.807) is 26.8 Å². The van der Waals surface area contributed by atoms with Crippen molar-refractivity contribution in [2.75, 3.05) is 31.3 Å². The van der Waals surface area contributed by atoms with Crippen molar-refractivity contribution in [3.63, 3.8) is 0 Å². The Morgan fingerprint density at radius 2 is 1.67 bits per heavy atom. The number of carbonyl (C=O) groups excluding carboxylic acids is 1. The van der Waals surface area contributed by atoms with Crippen LogP contribution < -0.4 is 14.4 Å². The monoisotopic (exact) mass is 296 g/mol. The Balaban J connectivity index is 3.14. The van der Waals surface area contributed by atoms with Gasteiger partial charge in [-0.05, 0) is 20.8 Å². The van der Waals surface area contributed by atoms with Crippen molar-refractivity contribution in [2.45, 2.75) is 20.8 Å². The molecule has 0 aliphatic carbocycles. The number of ether oxygens (including phenoxy) is 3. The molecule has 8 heteroatoms. The molecule has 0 radical (unpaired) electrons. The van der Waals surface area contributed by atoms with Gasteiger partial charge in [-0.15, -0.1) is 11.6 Å². The van der Waals surface area contributed by atoms with Crippen molar-refractivity contribution in [1.82, 2.24) is 15.0 Å². The Labute approximate surface area is 123 Å². The molecule has 0 aromatic carbocycles. The fourth-order valence-electron chi connectivity index (χ4n) is 1.40. The SMILES string of the molecule is C=CCN(C(=O)OCC)c1nc(OCC)nc(OCC)n1. The van der Waals surface area contributed by atoms with Gasteiger partial charge in [0.2, 0.25) is 5.95 Å². The van der Waals surface area contributed by atoms with E-state index in [1.165, 1.54) is 4.90 Å². The number of anilines is 1. The van der Waals surface area contributed by atoms with E-state index < -0.39 is 6.09 Å². The van der Waals surface area contributed by atoms with E-state index in [4.69, 9.17) is 14.2 Å². The molecular weight excluding hydrogens is 276 g/mol. The van der Waals surface area contributed by atoms with Crippen molar-refractivity contribution < 1.29 is 19.0 Å². The zero-order valence-electron chi connectivity index (χ0n) is 12.5. The maximum absolute atomic E-state index is 11.9. The first-order valence-electron chi connectivity index (χ1n) is 6.73. The molecule has 0 spiro atoms. The van der Waals surface area contributed by atoms with Crippen LogP contribution in [0.25, 0.3) is 0 Å². The second kappa shape index (κ2) is 8.72. The van der Waals surface area contributed by atoms with Crippen LogP contribution in [-0.4, -0.2) is 47.4 Å². The van der Waals surface area contributed by atoms with Crippen molar-refractivity contribution >= 4 is 12.0 Å². The molecule has 1 heterocycles. The molecule has 21 heavy (non-hydrogen) atoms. The molecule has 0 aliphatic heterocycles. The van der Waals surface area contributed by atoms with Gasteiger partial charge < -0.3 is 14.2 Å². The van der Waals surface area contributed by atoms with Gasteiger partial charge >= 0.3 is 18.1 Å². The zero-order chi connectivity index (χ0) is 15.7. The Bertz CT molecular complexity index is 457. The fourth-order valence-corrected chi connectivity index (χ4v) is 1.40. The third-order valence-electron chi connectivity index (χ3n) is 2.17. The third-order valence-corrected chi connectivity index (χ3v) is 2.17. The second-order valence-electron chi connectivity index (χ2n) is 3.66. The molecule has 8 nitrogen and oxygen atoms in total. The number of hydrogen-bond donors (Lipinski definition) is 0. The van der Waals surface area contributed by atoms with Crippen LogP contribution in [0.5, 0.6) is 12.0 Å². The lowest BCUT2D eigenvalue weighted by molar-refractivity contribution is 0.160. The van der Waals surface area contributed by atoms with Gasteiger partial charge in [-0.1, -0.05) is 6.08 Å². The highest BCUT2D eigenvalue weighted by atomic mass is 16.6. The van der Waals surface area contributed by atoms with Gasteiger partial charge in [0.15, 0.2) is 0 Å². The summed E-state index contributed by atoms with van der Waals surface area (Å²) in [4.78, 5) is 25.3. The number of amides is 1. The van der Waals surface area contributed by atoms with Crippen LogP contribution in [0.1, 0.15) is 20.8 Å². The topological polar surface area (TPSA) is 86.7 Å². The molecule has 0 saturated carbocycles. The van der Waals surface area contributed by atoms with Gasteiger partial charge in [0.1, 0.15) is 0 Å². The van der Waals surface area contributed by atoms with Crippen molar-refractivity contribution in [2.24, 2.45) is 0 Å². The third kappa shape index (κ3) is 4.90. The summed E-state index contributed by atoms with van der Waals surface area (Å²) < 4.78 is 15.5. The van der Waals surface area contributed by atoms with Gasteiger partial charge in [0, 0.05) is 0 Å². The lowest BCUT2D eigenvalue weighted by Gasteiger charge is -2.18. The molecule has 1 aromatic heterocycles. The highest BCUT2D eigenvalue weighted by Gasteiger charge is 2.21. The van der Waals surface area contributed by atoms with Crippen molar-refractivity contribution in [1.29, 1.82) is 0 Å². The van der Waals surface area contributed by atoms with Gasteiger partial charge in [-0.3, -0.25) is 0 Å². The summed E-state index contributed by atoms with van der Waals surface area (Å²) >= 11 is 0. The quantitative estimate of drug-likeness (QED) is 0.676. The van der Waals surface area contributed by atoms with E-state index in [0.29, 0.717) is 13.2 Å². The molecule has 1 rings (SSSR count). The first-order chi connectivity index (χ1) is 10.2. The van der Waals surface area contributed by atoms with Gasteiger partial charge in [-0.25, -0.2) is 9.69 Å². The number of rotatable bonds is 8. The van der Waals surface area contributed by atoms with Crippen LogP contribution in [0.4, 0.5) is 10.7 Å². The molecule has 0 bridgehead atoms. The summed E-state index contributed by atoms with van der Waals surface area (Å²) in [6, 6.07) is 0.175. The predicted molar refractivity (Wildman–Crippen MR) is 76.7 cm³/mol. The lowest BCUT2D eigenvalue weighted by atomic mass is 10.5. The largest absolute Gasteiger partial charge is 0.464 e. The second-order valence-corrected chi connectivity index (χ2v) is 3.66. The highest BCUT2D eigenvalue weighted by molar-refractivity contribution is 5.85. The fraction of sp³-hybridized carbons (Fsp3) is 0.538. The van der Waals surface area contributed by atoms with E-state index in [-0.39, 0.29) is 31.1 Å². The summed E-state index contributed by atoms with van der Waals surface area (Å²) in [6.45, 7) is 10.1. The molecular formula is C13H20N4O4. The predicted octanol–water partition coefficient (Wildman–Crippen LogP) is 1.82. The van der Waals surface area contributed by atoms with Crippen LogP contribution in [0.15, 0.2) is 12.7 Å². The average molecular weight is 296 g/mol. The maximum atomic E-state index is 11.9. The molecule has 0 atom stereocenters. The Kier molecular flexibility index (Phi) is 6.93. The van der Waals surface area contributed by atoms with Gasteiger partial charge in [0.25, 0.3) is 0 Å². The van der Waals surface area contributed by atoms with E-state index in [1.807, 2.05) is 0 Å². The van der Waals surface area contributed by atoms with Crippen LogP contribution in [0, 0.1) is 0 Å². The van der Waals surface area contributed by atoms with Crippen molar-refractivity contribution in [3.05, 3.63) is 12.7 Å². The molecule has 116 valence electrons. The summed E-state index contributed by atoms with van der Waals surface area (Å²) in [5, 5.41) is 0. The van der Waals surface area contributed by atoms with E-state index in [0.717, 1.165) is 0 Å². The number of aromatic nitrogens is 3. The van der Waals surface area contributed by atoms with E-state index in [2.05, 4.69) is 21.5 Å². The zero-order valence-corrected chi connectivity index (χ0v) is 12.5. The van der Waals surface area contributed by atoms with Crippen LogP contribution in [0.2, 0.25) is 0 Å². The number of carbonyl (C=O) groups is 1. The summed E-state index contributed by atoms with van der Waals surface area (Å²) in [6.07, 6.45) is 0.968. The number of hydrogen-bond acceptors (Lipinski definition) is 7. The Morgan fingerprint density at radius 3 is 2.10 bits per heavy atom. The highest BCUT2D eigenvalue weighted by Crippen LogP contribution is 2.17. The first-order valence-corrected chi connectivity index (χ1v) is 6.73. The lowest BCUT2D eigenvalue weighted by Crippen LogP contribution is -2.33. The normalized spacial score (nSPS) is 9.86. The molecule has 0 saturated heterocycles. The Hall–Kier alpha value is -2.38. The first kappa shape index (κ1) is 16.7. The molecule has 0 N–H and O–H groups in total. The van der Waals surface area contributed by atoms with Gasteiger partial charge in [-0.2, -0.15) is 9.97 Å². The minimum atomic E-state index is -0.575. The maximum Gasteiger partial charge on any atom is 0.416 e. The Morgan fingerprint density at radius 1 is 1.10 bits per heavy atom. The molecule has 0 aliphatic rings. The van der Waals surface area contributed by atoms with Crippen LogP contribution >= 0.6 is 0 Å². The minimum absolute atomic E-state index is 0.0873. The molecule has 0 fully saturated rings. The number of nitrogens with zero attached hydrogens (tertiary/aromatic N) is 4. The molecule has 1 amide bonds. The average Bonchev–Trinajstić information content (AvgIpc) is 2.45. The summed E-state index contributed by atoms with van der Waals surface area (Å²) in [7, 11) is 0. The van der Waals surface area contributed by atoms with Crippen molar-refractivity contribution in [3.8, 4) is 12.0 Å². The van der Waals surface area contributed by atoms with Crippen LogP contribution in [-0.2, 0) is 4.74 Å². The van der Waals surface area contributed by atoms with E-state index >= 15 is 0 Å². The minimum Gasteiger partial charge on any atom is -0.464 e. The molecule has 0 unspecified atom stereocenters. The summed E-state index contributed by atoms with van der Waals surface area (Å²) in [5.74, 6) is 0.0928. The molecule has 1 aromatic rings. The summed E-state index contributed by atoms with van der Waals surface area (Å²) in [5.41, 5.74) is 0. The van der Waals surface area contributed by atoms with Gasteiger partial charge in [0.05, 0.1) is 26.4 Å². The van der Waals surface area contributed by atoms with Crippen LogP contribution in [0.3, 0.4) is 0 Å². The van der Waals surface area contributed by atoms with E-state index in [9.17, 15) is 4.79 Å². The standard InChI is InChI=1S/C13H20N4O4/c1-5-9-17(13(18)21-8-4)10-14-11(19-6-2)16-12(15-10)20-7-3/h5H,1,6-9H2,2-4H3. The smallest absolute Gasteiger partial charge is 0.416 e.